The van der Waals surface area contributed by atoms with Crippen LogP contribution in [-0.4, -0.2) is 38.3 Å². The summed E-state index contributed by atoms with van der Waals surface area (Å²) in [5.74, 6) is -0.701. The maximum absolute atomic E-state index is 13.6. The topological polar surface area (TPSA) is 71.8 Å². The van der Waals surface area contributed by atoms with Gasteiger partial charge in [0.05, 0.1) is 17.9 Å². The second-order valence-corrected chi connectivity index (χ2v) is 8.45. The van der Waals surface area contributed by atoms with Gasteiger partial charge >= 0.3 is 5.97 Å². The third-order valence-electron chi connectivity index (χ3n) is 5.52. The molecule has 0 saturated heterocycles. The van der Waals surface area contributed by atoms with E-state index in [0.29, 0.717) is 34.5 Å². The van der Waals surface area contributed by atoms with E-state index in [1.54, 1.807) is 26.1 Å². The normalized spacial score (nSPS) is 10.9. The van der Waals surface area contributed by atoms with E-state index in [9.17, 15) is 14.0 Å². The predicted molar refractivity (Wildman–Crippen MR) is 138 cm³/mol. The van der Waals surface area contributed by atoms with Crippen LogP contribution in [0, 0.1) is 5.82 Å². The number of amides is 1. The quantitative estimate of drug-likeness (QED) is 0.243. The molecule has 0 saturated carbocycles. The molecule has 4 rings (SSSR count). The molecule has 4 aromatic rings. The Hall–Kier alpha value is -3.78. The number of nitrogens with zero attached hydrogens (tertiary/aromatic N) is 1. The number of fused-ring (bicyclic) bond motifs is 1. The summed E-state index contributed by atoms with van der Waals surface area (Å²) < 4.78 is 26.7. The smallest absolute Gasteiger partial charge is 0.326 e. The van der Waals surface area contributed by atoms with Gasteiger partial charge < -0.3 is 18.8 Å². The van der Waals surface area contributed by atoms with E-state index in [0.717, 1.165) is 16.8 Å². The number of rotatable bonds is 8. The predicted octanol–water partition coefficient (Wildman–Crippen LogP) is 5.91. The molecular weight excluding hydrogens is 467 g/mol. The van der Waals surface area contributed by atoms with Crippen molar-refractivity contribution in [3.8, 4) is 22.5 Å². The van der Waals surface area contributed by atoms with Crippen LogP contribution in [0.5, 0.6) is 0 Å². The number of carbonyl (C=O) groups is 2. The van der Waals surface area contributed by atoms with Crippen molar-refractivity contribution in [2.45, 2.75) is 6.92 Å². The number of hydrogen-bond donors (Lipinski definition) is 1. The zero-order chi connectivity index (χ0) is 24.9. The van der Waals surface area contributed by atoms with E-state index in [1.165, 1.54) is 24.1 Å². The summed E-state index contributed by atoms with van der Waals surface area (Å²) in [7, 11) is 1.55. The second kappa shape index (κ2) is 10.7. The van der Waals surface area contributed by atoms with E-state index in [2.05, 4.69) is 5.32 Å². The number of ether oxygens (including phenoxy) is 1. The van der Waals surface area contributed by atoms with Gasteiger partial charge in [-0.15, -0.1) is 0 Å². The highest BCUT2D eigenvalue weighted by Crippen LogP contribution is 2.42. The molecule has 8 heteroatoms. The Labute approximate surface area is 207 Å². The molecule has 0 fully saturated rings. The Kier molecular flexibility index (Phi) is 7.41. The first-order valence-corrected chi connectivity index (χ1v) is 12.3. The van der Waals surface area contributed by atoms with Gasteiger partial charge in [-0.1, -0.05) is 42.3 Å². The Balaban J connectivity index is 1.98. The third kappa shape index (κ3) is 5.02. The maximum atomic E-state index is 13.6. The SMILES string of the molecule is CCOC(=O)CN(SC)c1cc2oc(-c3ccc(F)cc3)c(C(=O)NC)c2cc1-c1ccccc1. The molecule has 0 aliphatic carbocycles. The van der Waals surface area contributed by atoms with Crippen molar-refractivity contribution in [3.05, 3.63) is 78.1 Å². The van der Waals surface area contributed by atoms with Crippen molar-refractivity contribution in [1.29, 1.82) is 0 Å². The Morgan fingerprint density at radius 2 is 1.77 bits per heavy atom. The minimum atomic E-state index is -0.380. The number of anilines is 1. The molecule has 1 N–H and O–H groups in total. The Morgan fingerprint density at radius 1 is 1.06 bits per heavy atom. The number of nitrogens with one attached hydrogen (secondary N) is 1. The number of furan rings is 1. The van der Waals surface area contributed by atoms with Gasteiger partial charge in [0.1, 0.15) is 23.7 Å². The molecule has 0 spiro atoms. The van der Waals surface area contributed by atoms with Crippen molar-refractivity contribution in [1.82, 2.24) is 5.32 Å². The van der Waals surface area contributed by atoms with Gasteiger partial charge in [0, 0.05) is 35.9 Å². The molecule has 0 aliphatic rings. The molecule has 1 aromatic heterocycles. The monoisotopic (exact) mass is 492 g/mol. The van der Waals surface area contributed by atoms with Crippen LogP contribution in [0.15, 0.2) is 71.1 Å². The first-order chi connectivity index (χ1) is 17.0. The highest BCUT2D eigenvalue weighted by atomic mass is 32.2. The third-order valence-corrected chi connectivity index (χ3v) is 6.29. The summed E-state index contributed by atoms with van der Waals surface area (Å²) in [6.07, 6.45) is 1.88. The van der Waals surface area contributed by atoms with Crippen molar-refractivity contribution in [3.63, 3.8) is 0 Å². The van der Waals surface area contributed by atoms with E-state index >= 15 is 0 Å². The van der Waals surface area contributed by atoms with Crippen LogP contribution in [-0.2, 0) is 9.53 Å². The fourth-order valence-corrected chi connectivity index (χ4v) is 4.50. The fourth-order valence-electron chi connectivity index (χ4n) is 3.91. The lowest BCUT2D eigenvalue weighted by Gasteiger charge is -2.23. The standard InChI is InChI=1S/C27H25FN2O4S/c1-4-33-24(31)16-30(35-3)22-15-23-21(14-20(22)17-8-6-5-7-9-17)25(27(32)29-2)26(34-23)18-10-12-19(28)13-11-18/h5-15H,4,16H2,1-3H3,(H,29,32). The van der Waals surface area contributed by atoms with Gasteiger partial charge in [0.15, 0.2) is 0 Å². The average Bonchev–Trinajstić information content (AvgIpc) is 3.25. The number of halogens is 1. The maximum Gasteiger partial charge on any atom is 0.326 e. The summed E-state index contributed by atoms with van der Waals surface area (Å²) in [6.45, 7) is 2.09. The molecule has 0 radical (unpaired) electrons. The van der Waals surface area contributed by atoms with E-state index in [4.69, 9.17) is 9.15 Å². The van der Waals surface area contributed by atoms with Crippen molar-refractivity contribution in [2.75, 3.05) is 30.8 Å². The molecule has 3 aromatic carbocycles. The van der Waals surface area contributed by atoms with Gasteiger partial charge in [-0.05, 0) is 42.8 Å². The lowest BCUT2D eigenvalue weighted by atomic mass is 9.98. The molecule has 0 bridgehead atoms. The molecule has 0 unspecified atom stereocenters. The summed E-state index contributed by atoms with van der Waals surface area (Å²) in [6, 6.07) is 19.2. The van der Waals surface area contributed by atoms with Crippen LogP contribution in [0.1, 0.15) is 17.3 Å². The zero-order valence-electron chi connectivity index (χ0n) is 19.6. The minimum Gasteiger partial charge on any atom is -0.465 e. The van der Waals surface area contributed by atoms with Crippen molar-refractivity contribution >= 4 is 40.5 Å². The first kappa shape index (κ1) is 24.3. The van der Waals surface area contributed by atoms with Gasteiger partial charge in [0.2, 0.25) is 0 Å². The van der Waals surface area contributed by atoms with Crippen LogP contribution >= 0.6 is 11.9 Å². The average molecular weight is 493 g/mol. The number of benzene rings is 3. The Bertz CT molecular complexity index is 1350. The van der Waals surface area contributed by atoms with Crippen LogP contribution in [0.25, 0.3) is 33.4 Å². The van der Waals surface area contributed by atoms with E-state index < -0.39 is 0 Å². The lowest BCUT2D eigenvalue weighted by Crippen LogP contribution is -2.25. The summed E-state index contributed by atoms with van der Waals surface area (Å²) in [5, 5.41) is 3.29. The molecule has 1 amide bonds. The van der Waals surface area contributed by atoms with Crippen LogP contribution < -0.4 is 9.62 Å². The summed E-state index contributed by atoms with van der Waals surface area (Å²) in [4.78, 5) is 25.3. The molecule has 0 aliphatic heterocycles. The lowest BCUT2D eigenvalue weighted by molar-refractivity contribution is -0.141. The molecule has 6 nitrogen and oxygen atoms in total. The second-order valence-electron chi connectivity index (χ2n) is 7.65. The number of hydrogen-bond acceptors (Lipinski definition) is 6. The van der Waals surface area contributed by atoms with Crippen LogP contribution in [0.4, 0.5) is 10.1 Å². The summed E-state index contributed by atoms with van der Waals surface area (Å²) >= 11 is 1.38. The molecule has 35 heavy (non-hydrogen) atoms. The van der Waals surface area contributed by atoms with Crippen molar-refractivity contribution < 1.29 is 23.1 Å². The van der Waals surface area contributed by atoms with Crippen LogP contribution in [0.3, 0.4) is 0 Å². The summed E-state index contributed by atoms with van der Waals surface area (Å²) in [5.41, 5.74) is 3.90. The highest BCUT2D eigenvalue weighted by Gasteiger charge is 2.25. The van der Waals surface area contributed by atoms with Crippen LogP contribution in [0.2, 0.25) is 0 Å². The van der Waals surface area contributed by atoms with Crippen molar-refractivity contribution in [2.24, 2.45) is 0 Å². The fraction of sp³-hybridized carbons (Fsp3) is 0.185. The van der Waals surface area contributed by atoms with Gasteiger partial charge in [0.25, 0.3) is 5.91 Å². The molecule has 1 heterocycles. The van der Waals surface area contributed by atoms with E-state index in [1.807, 2.05) is 53.0 Å². The first-order valence-electron chi connectivity index (χ1n) is 11.1. The minimum absolute atomic E-state index is 0.0359. The van der Waals surface area contributed by atoms with Gasteiger partial charge in [-0.2, -0.15) is 0 Å². The van der Waals surface area contributed by atoms with Gasteiger partial charge in [-0.3, -0.25) is 9.59 Å². The number of esters is 1. The highest BCUT2D eigenvalue weighted by molar-refractivity contribution is 8.00. The zero-order valence-corrected chi connectivity index (χ0v) is 20.4. The molecule has 0 atom stereocenters. The Morgan fingerprint density at radius 3 is 2.40 bits per heavy atom. The number of carbonyl (C=O) groups excluding carboxylic acids is 2. The van der Waals surface area contributed by atoms with E-state index in [-0.39, 0.29) is 24.2 Å². The molecule has 180 valence electrons. The largest absolute Gasteiger partial charge is 0.465 e. The molecular formula is C27H25FN2O4S. The van der Waals surface area contributed by atoms with Gasteiger partial charge in [-0.25, -0.2) is 4.39 Å².